The van der Waals surface area contributed by atoms with Gasteiger partial charge in [0.15, 0.2) is 0 Å². The first-order chi connectivity index (χ1) is 12.0. The Balaban J connectivity index is 1.66. The minimum atomic E-state index is 0.00101. The van der Waals surface area contributed by atoms with Crippen LogP contribution in [0.1, 0.15) is 36.1 Å². The Bertz CT molecular complexity index is 752. The van der Waals surface area contributed by atoms with Gasteiger partial charge in [-0.25, -0.2) is 0 Å². The van der Waals surface area contributed by atoms with E-state index in [-0.39, 0.29) is 12.0 Å². The van der Waals surface area contributed by atoms with Crippen LogP contribution in [0.3, 0.4) is 0 Å². The zero-order valence-corrected chi connectivity index (χ0v) is 15.1. The number of amides is 1. The quantitative estimate of drug-likeness (QED) is 0.875. The zero-order chi connectivity index (χ0) is 17.8. The molecule has 1 aliphatic rings. The molecule has 1 atom stereocenters. The van der Waals surface area contributed by atoms with E-state index < -0.39 is 0 Å². The van der Waals surface area contributed by atoms with Gasteiger partial charge < -0.3 is 14.8 Å². The van der Waals surface area contributed by atoms with E-state index in [1.807, 2.05) is 50.2 Å². The van der Waals surface area contributed by atoms with Crippen LogP contribution in [-0.4, -0.2) is 18.6 Å². The zero-order valence-electron chi connectivity index (χ0n) is 15.1. The highest BCUT2D eigenvalue weighted by Gasteiger charge is 2.22. The van der Waals surface area contributed by atoms with Gasteiger partial charge in [0, 0.05) is 24.1 Å². The van der Waals surface area contributed by atoms with Gasteiger partial charge in [-0.3, -0.25) is 4.79 Å². The van der Waals surface area contributed by atoms with Crippen molar-refractivity contribution < 1.29 is 14.3 Å². The van der Waals surface area contributed by atoms with Crippen molar-refractivity contribution in [1.82, 2.24) is 5.32 Å². The van der Waals surface area contributed by atoms with Crippen molar-refractivity contribution in [3.63, 3.8) is 0 Å². The molecule has 4 heteroatoms. The Morgan fingerprint density at radius 3 is 2.76 bits per heavy atom. The first-order valence-corrected chi connectivity index (χ1v) is 8.82. The summed E-state index contributed by atoms with van der Waals surface area (Å²) in [5, 5.41) is 2.99. The van der Waals surface area contributed by atoms with E-state index in [0.717, 1.165) is 29.0 Å². The molecule has 0 radical (unpaired) electrons. The molecule has 25 heavy (non-hydrogen) atoms. The van der Waals surface area contributed by atoms with Crippen molar-refractivity contribution in [1.29, 1.82) is 0 Å². The first-order valence-electron chi connectivity index (χ1n) is 8.82. The van der Waals surface area contributed by atoms with E-state index in [1.165, 1.54) is 11.1 Å². The Morgan fingerprint density at radius 2 is 2.04 bits per heavy atom. The van der Waals surface area contributed by atoms with E-state index in [1.54, 1.807) is 0 Å². The predicted molar refractivity (Wildman–Crippen MR) is 98.1 cm³/mol. The predicted octanol–water partition coefficient (Wildman–Crippen LogP) is 3.58. The van der Waals surface area contributed by atoms with Crippen molar-refractivity contribution in [3.8, 4) is 11.5 Å². The standard InChI is InChI=1S/C21H25NO3/c1-4-24-19-11-17-9-15(3)25-20(17)12-18(19)13-22-21(23)10-16-7-5-14(2)6-8-16/h5-8,11-12,15H,4,9-10,13H2,1-3H3,(H,22,23)/t15-/m0/s1. The van der Waals surface area contributed by atoms with E-state index in [0.29, 0.717) is 19.6 Å². The molecule has 1 aliphatic heterocycles. The van der Waals surface area contributed by atoms with Crippen LogP contribution in [-0.2, 0) is 24.2 Å². The molecule has 0 spiro atoms. The average Bonchev–Trinajstić information content (AvgIpc) is 2.94. The highest BCUT2D eigenvalue weighted by atomic mass is 16.5. The summed E-state index contributed by atoms with van der Waals surface area (Å²) in [6, 6.07) is 12.1. The normalized spacial score (nSPS) is 15.4. The Morgan fingerprint density at radius 1 is 1.28 bits per heavy atom. The molecule has 0 fully saturated rings. The molecule has 1 amide bonds. The van der Waals surface area contributed by atoms with Crippen molar-refractivity contribution >= 4 is 5.91 Å². The van der Waals surface area contributed by atoms with Gasteiger partial charge in [-0.05, 0) is 38.5 Å². The summed E-state index contributed by atoms with van der Waals surface area (Å²) in [6.07, 6.45) is 1.47. The molecule has 2 aromatic rings. The monoisotopic (exact) mass is 339 g/mol. The number of aryl methyl sites for hydroxylation is 1. The molecule has 0 bridgehead atoms. The lowest BCUT2D eigenvalue weighted by atomic mass is 10.1. The van der Waals surface area contributed by atoms with Crippen molar-refractivity contribution in [2.45, 2.75) is 46.3 Å². The van der Waals surface area contributed by atoms with Gasteiger partial charge in [0.1, 0.15) is 17.6 Å². The molecule has 132 valence electrons. The second-order valence-corrected chi connectivity index (χ2v) is 6.57. The van der Waals surface area contributed by atoms with E-state index >= 15 is 0 Å². The number of rotatable bonds is 6. The molecule has 1 heterocycles. The number of ether oxygens (including phenoxy) is 2. The lowest BCUT2D eigenvalue weighted by Gasteiger charge is -2.13. The summed E-state index contributed by atoms with van der Waals surface area (Å²) in [4.78, 5) is 12.2. The van der Waals surface area contributed by atoms with Gasteiger partial charge in [-0.1, -0.05) is 29.8 Å². The van der Waals surface area contributed by atoms with E-state index in [2.05, 4.69) is 12.2 Å². The number of nitrogens with one attached hydrogen (secondary N) is 1. The summed E-state index contributed by atoms with van der Waals surface area (Å²) in [7, 11) is 0. The van der Waals surface area contributed by atoms with Gasteiger partial charge in [0.2, 0.25) is 5.91 Å². The smallest absolute Gasteiger partial charge is 0.224 e. The maximum absolute atomic E-state index is 12.2. The second-order valence-electron chi connectivity index (χ2n) is 6.57. The van der Waals surface area contributed by atoms with Crippen molar-refractivity contribution in [3.05, 3.63) is 58.7 Å². The largest absolute Gasteiger partial charge is 0.494 e. The Labute approximate surface area is 149 Å². The van der Waals surface area contributed by atoms with Crippen LogP contribution < -0.4 is 14.8 Å². The van der Waals surface area contributed by atoms with E-state index in [4.69, 9.17) is 9.47 Å². The Hall–Kier alpha value is -2.49. The van der Waals surface area contributed by atoms with Crippen molar-refractivity contribution in [2.24, 2.45) is 0 Å². The molecule has 4 nitrogen and oxygen atoms in total. The highest BCUT2D eigenvalue weighted by Crippen LogP contribution is 2.35. The van der Waals surface area contributed by atoms with Crippen LogP contribution >= 0.6 is 0 Å². The number of carbonyl (C=O) groups excluding carboxylic acids is 1. The summed E-state index contributed by atoms with van der Waals surface area (Å²) in [5.74, 6) is 1.73. The molecular weight excluding hydrogens is 314 g/mol. The number of hydrogen-bond acceptors (Lipinski definition) is 3. The molecule has 0 unspecified atom stereocenters. The van der Waals surface area contributed by atoms with Crippen LogP contribution in [0.2, 0.25) is 0 Å². The van der Waals surface area contributed by atoms with Crippen molar-refractivity contribution in [2.75, 3.05) is 6.61 Å². The minimum absolute atomic E-state index is 0.00101. The van der Waals surface area contributed by atoms with Gasteiger partial charge in [0.25, 0.3) is 0 Å². The summed E-state index contributed by atoms with van der Waals surface area (Å²) in [6.45, 7) is 7.09. The maximum atomic E-state index is 12.2. The lowest BCUT2D eigenvalue weighted by Crippen LogP contribution is -2.24. The minimum Gasteiger partial charge on any atom is -0.494 e. The van der Waals surface area contributed by atoms with Gasteiger partial charge in [-0.15, -0.1) is 0 Å². The maximum Gasteiger partial charge on any atom is 0.224 e. The van der Waals surface area contributed by atoms with Gasteiger partial charge in [-0.2, -0.15) is 0 Å². The molecule has 2 aromatic carbocycles. The Kier molecular flexibility index (Phi) is 5.27. The number of hydrogen-bond donors (Lipinski definition) is 1. The summed E-state index contributed by atoms with van der Waals surface area (Å²) in [5.41, 5.74) is 4.33. The fraction of sp³-hybridized carbons (Fsp3) is 0.381. The third kappa shape index (κ3) is 4.32. The number of carbonyl (C=O) groups is 1. The van der Waals surface area contributed by atoms with Crippen LogP contribution in [0.4, 0.5) is 0 Å². The lowest BCUT2D eigenvalue weighted by molar-refractivity contribution is -0.120. The summed E-state index contributed by atoms with van der Waals surface area (Å²) < 4.78 is 11.6. The highest BCUT2D eigenvalue weighted by molar-refractivity contribution is 5.78. The first kappa shape index (κ1) is 17.3. The fourth-order valence-electron chi connectivity index (χ4n) is 3.06. The van der Waals surface area contributed by atoms with Crippen LogP contribution in [0.15, 0.2) is 36.4 Å². The van der Waals surface area contributed by atoms with Crippen LogP contribution in [0, 0.1) is 6.92 Å². The molecule has 0 saturated heterocycles. The van der Waals surface area contributed by atoms with Crippen LogP contribution in [0.25, 0.3) is 0 Å². The van der Waals surface area contributed by atoms with Gasteiger partial charge >= 0.3 is 0 Å². The molecule has 3 rings (SSSR count). The van der Waals surface area contributed by atoms with Gasteiger partial charge in [0.05, 0.1) is 13.0 Å². The number of fused-ring (bicyclic) bond motifs is 1. The molecule has 0 saturated carbocycles. The molecule has 0 aromatic heterocycles. The summed E-state index contributed by atoms with van der Waals surface area (Å²) >= 11 is 0. The molecular formula is C21H25NO3. The van der Waals surface area contributed by atoms with Crippen LogP contribution in [0.5, 0.6) is 11.5 Å². The topological polar surface area (TPSA) is 47.6 Å². The fourth-order valence-corrected chi connectivity index (χ4v) is 3.06. The SMILES string of the molecule is CCOc1cc2c(cc1CNC(=O)Cc1ccc(C)cc1)O[C@@H](C)C2. The molecule has 0 aliphatic carbocycles. The number of benzene rings is 2. The third-order valence-corrected chi connectivity index (χ3v) is 4.34. The van der Waals surface area contributed by atoms with E-state index in [9.17, 15) is 4.79 Å². The third-order valence-electron chi connectivity index (χ3n) is 4.34. The second kappa shape index (κ2) is 7.60. The molecule has 1 N–H and O–H groups in total. The average molecular weight is 339 g/mol.